The van der Waals surface area contributed by atoms with Gasteiger partial charge in [0.15, 0.2) is 6.04 Å². The Morgan fingerprint density at radius 1 is 1.12 bits per heavy atom. The van der Waals surface area contributed by atoms with Crippen LogP contribution in [0.3, 0.4) is 0 Å². The van der Waals surface area contributed by atoms with Crippen molar-refractivity contribution in [3.05, 3.63) is 59.7 Å². The molecule has 0 fully saturated rings. The first kappa shape index (κ1) is 19.0. The van der Waals surface area contributed by atoms with Gasteiger partial charge in [-0.25, -0.2) is 0 Å². The first-order valence-corrected chi connectivity index (χ1v) is 9.29. The topological polar surface area (TPSA) is 76.6 Å². The normalized spacial score (nSPS) is 13.1. The van der Waals surface area contributed by atoms with Crippen LogP contribution < -0.4 is 16.0 Å². The number of amides is 2. The summed E-state index contributed by atoms with van der Waals surface area (Å²) in [5, 5.41) is 2.88. The molecule has 2 aromatic rings. The van der Waals surface area contributed by atoms with E-state index in [0.717, 1.165) is 11.4 Å². The van der Waals surface area contributed by atoms with Gasteiger partial charge in [0.05, 0.1) is 7.05 Å². The van der Waals surface area contributed by atoms with Crippen LogP contribution in [-0.4, -0.2) is 31.2 Å². The summed E-state index contributed by atoms with van der Waals surface area (Å²) in [6, 6.07) is 14.7. The molecule has 0 radical (unpaired) electrons. The third kappa shape index (κ3) is 5.34. The van der Waals surface area contributed by atoms with Crippen LogP contribution in [0, 0.1) is 0 Å². The first-order valence-electron chi connectivity index (χ1n) is 8.06. The Bertz CT molecular complexity index is 729. The lowest BCUT2D eigenvalue weighted by Gasteiger charge is -2.21. The van der Waals surface area contributed by atoms with E-state index >= 15 is 0 Å². The van der Waals surface area contributed by atoms with Crippen LogP contribution in [0.15, 0.2) is 53.4 Å². The predicted molar refractivity (Wildman–Crippen MR) is 102 cm³/mol. The summed E-state index contributed by atoms with van der Waals surface area (Å²) in [5.74, 6) is -0.548. The number of carbonyl (C=O) groups excluding carboxylic acids is 2. The second kappa shape index (κ2) is 8.69. The van der Waals surface area contributed by atoms with Gasteiger partial charge in [-0.1, -0.05) is 12.1 Å². The van der Waals surface area contributed by atoms with E-state index < -0.39 is 5.91 Å². The molecule has 2 rings (SSSR count). The molecule has 0 aliphatic rings. The quantitative estimate of drug-likeness (QED) is 0.657. The van der Waals surface area contributed by atoms with Crippen LogP contribution in [-0.2, 0) is 11.3 Å². The smallest absolute Gasteiger partial charge is 0.282 e. The fourth-order valence-corrected chi connectivity index (χ4v) is 2.82. The van der Waals surface area contributed by atoms with Crippen molar-refractivity contribution in [3.63, 3.8) is 0 Å². The molecule has 0 saturated heterocycles. The van der Waals surface area contributed by atoms with Crippen LogP contribution in [0.25, 0.3) is 0 Å². The van der Waals surface area contributed by atoms with Gasteiger partial charge in [-0.2, -0.15) is 0 Å². The van der Waals surface area contributed by atoms with Crippen LogP contribution in [0.5, 0.6) is 0 Å². The van der Waals surface area contributed by atoms with E-state index in [1.807, 2.05) is 14.0 Å². The van der Waals surface area contributed by atoms with Gasteiger partial charge in [-0.15, -0.1) is 11.8 Å². The van der Waals surface area contributed by atoms with Crippen molar-refractivity contribution in [2.24, 2.45) is 5.73 Å². The summed E-state index contributed by atoms with van der Waals surface area (Å²) < 4.78 is 0. The number of likely N-dealkylation sites (N-methyl/N-ethyl adjacent to an activating group) is 1. The van der Waals surface area contributed by atoms with Gasteiger partial charge in [0.1, 0.15) is 6.54 Å². The zero-order valence-electron chi connectivity index (χ0n) is 14.7. The molecule has 0 aromatic heterocycles. The predicted octanol–water partition coefficient (Wildman–Crippen LogP) is 1.55. The third-order valence-corrected chi connectivity index (χ3v) is 4.96. The van der Waals surface area contributed by atoms with Gasteiger partial charge >= 0.3 is 0 Å². The Labute approximate surface area is 152 Å². The van der Waals surface area contributed by atoms with E-state index in [-0.39, 0.29) is 11.9 Å². The molecule has 25 heavy (non-hydrogen) atoms. The average Bonchev–Trinajstić information content (AvgIpc) is 2.62. The van der Waals surface area contributed by atoms with E-state index in [9.17, 15) is 9.59 Å². The Hall–Kier alpha value is -2.31. The number of hydrogen-bond donors (Lipinski definition) is 3. The number of quaternary nitrogens is 1. The molecule has 0 saturated carbocycles. The summed E-state index contributed by atoms with van der Waals surface area (Å²) in [5.41, 5.74) is 7.48. The van der Waals surface area contributed by atoms with Crippen molar-refractivity contribution in [1.29, 1.82) is 0 Å². The van der Waals surface area contributed by atoms with Crippen LogP contribution in [0.2, 0.25) is 0 Å². The number of thioether (sulfide) groups is 1. The average molecular weight is 358 g/mol. The van der Waals surface area contributed by atoms with E-state index in [0.29, 0.717) is 11.3 Å². The number of anilines is 1. The molecule has 2 amide bonds. The molecule has 1 unspecified atom stereocenters. The lowest BCUT2D eigenvalue weighted by molar-refractivity contribution is -0.907. The van der Waals surface area contributed by atoms with Crippen molar-refractivity contribution in [1.82, 2.24) is 0 Å². The molecular formula is C19H24N3O2S+. The van der Waals surface area contributed by atoms with Gasteiger partial charge in [-0.05, 0) is 49.6 Å². The lowest BCUT2D eigenvalue weighted by atomic mass is 10.1. The largest absolute Gasteiger partial charge is 0.366 e. The van der Waals surface area contributed by atoms with E-state index in [1.165, 1.54) is 10.5 Å². The summed E-state index contributed by atoms with van der Waals surface area (Å²) in [4.78, 5) is 25.8. The van der Waals surface area contributed by atoms with Gasteiger partial charge < -0.3 is 16.0 Å². The zero-order chi connectivity index (χ0) is 18.4. The minimum Gasteiger partial charge on any atom is -0.366 e. The van der Waals surface area contributed by atoms with Crippen molar-refractivity contribution < 1.29 is 14.5 Å². The SMILES string of the molecule is CSc1ccc(C[NH+](C)[C@H](C)C(=O)Nc2ccc(C(N)=O)cc2)cc1. The summed E-state index contributed by atoms with van der Waals surface area (Å²) in [7, 11) is 2.00. The number of rotatable bonds is 7. The summed E-state index contributed by atoms with van der Waals surface area (Å²) in [6.45, 7) is 2.67. The number of nitrogens with one attached hydrogen (secondary N) is 2. The van der Waals surface area contributed by atoms with Crippen LogP contribution in [0.4, 0.5) is 5.69 Å². The Kier molecular flexibility index (Phi) is 6.61. The highest BCUT2D eigenvalue weighted by Crippen LogP contribution is 2.14. The maximum absolute atomic E-state index is 12.4. The zero-order valence-corrected chi connectivity index (χ0v) is 15.5. The van der Waals surface area contributed by atoms with Crippen molar-refractivity contribution in [2.45, 2.75) is 24.4 Å². The second-order valence-corrected chi connectivity index (χ2v) is 6.90. The molecule has 0 spiro atoms. The standard InChI is InChI=1S/C19H23N3O2S/c1-13(22(2)12-14-4-10-17(25-3)11-5-14)19(24)21-16-8-6-15(7-9-16)18(20)23/h4-11,13H,12H2,1-3H3,(H2,20,23)(H,21,24)/p+1/t13-/m1/s1. The van der Waals surface area contributed by atoms with Gasteiger partial charge in [0, 0.05) is 21.7 Å². The monoisotopic (exact) mass is 358 g/mol. The molecule has 5 nitrogen and oxygen atoms in total. The molecule has 132 valence electrons. The highest BCUT2D eigenvalue weighted by Gasteiger charge is 2.22. The third-order valence-electron chi connectivity index (χ3n) is 4.21. The molecule has 0 heterocycles. The van der Waals surface area contributed by atoms with Crippen molar-refractivity contribution in [3.8, 4) is 0 Å². The highest BCUT2D eigenvalue weighted by molar-refractivity contribution is 7.98. The Balaban J connectivity index is 1.94. The lowest BCUT2D eigenvalue weighted by Crippen LogP contribution is -3.12. The maximum Gasteiger partial charge on any atom is 0.282 e. The molecular weight excluding hydrogens is 334 g/mol. The fourth-order valence-electron chi connectivity index (χ4n) is 2.41. The molecule has 0 bridgehead atoms. The molecule has 0 aliphatic heterocycles. The first-order chi connectivity index (χ1) is 11.9. The van der Waals surface area contributed by atoms with Crippen LogP contribution >= 0.6 is 11.8 Å². The number of nitrogens with two attached hydrogens (primary N) is 1. The molecule has 0 aliphatic carbocycles. The van der Waals surface area contributed by atoms with Gasteiger partial charge in [0.25, 0.3) is 5.91 Å². The summed E-state index contributed by atoms with van der Waals surface area (Å²) >= 11 is 1.71. The number of primary amides is 1. The number of benzene rings is 2. The van der Waals surface area contributed by atoms with Gasteiger partial charge in [0.2, 0.25) is 5.91 Å². The van der Waals surface area contributed by atoms with E-state index in [1.54, 1.807) is 36.0 Å². The number of carbonyl (C=O) groups is 2. The maximum atomic E-state index is 12.4. The molecule has 6 heteroatoms. The second-order valence-electron chi connectivity index (χ2n) is 6.02. The minimum atomic E-state index is -0.483. The number of hydrogen-bond acceptors (Lipinski definition) is 3. The molecule has 2 atom stereocenters. The van der Waals surface area contributed by atoms with E-state index in [2.05, 4.69) is 35.8 Å². The van der Waals surface area contributed by atoms with Crippen LogP contribution in [0.1, 0.15) is 22.8 Å². The Morgan fingerprint density at radius 3 is 2.24 bits per heavy atom. The summed E-state index contributed by atoms with van der Waals surface area (Å²) in [6.07, 6.45) is 2.05. The fraction of sp³-hybridized carbons (Fsp3) is 0.263. The molecule has 4 N–H and O–H groups in total. The molecule has 2 aromatic carbocycles. The van der Waals surface area contributed by atoms with Crippen molar-refractivity contribution in [2.75, 3.05) is 18.6 Å². The van der Waals surface area contributed by atoms with E-state index in [4.69, 9.17) is 5.73 Å². The Morgan fingerprint density at radius 2 is 1.72 bits per heavy atom. The van der Waals surface area contributed by atoms with Crippen molar-refractivity contribution >= 4 is 29.3 Å². The van der Waals surface area contributed by atoms with Gasteiger partial charge in [-0.3, -0.25) is 9.59 Å². The highest BCUT2D eigenvalue weighted by atomic mass is 32.2. The minimum absolute atomic E-state index is 0.0648.